The zero-order chi connectivity index (χ0) is 21.3. The third kappa shape index (κ3) is 4.19. The number of nitrogens with two attached hydrogens (primary N) is 2. The molecule has 2 heterocycles. The number of ether oxygens (including phenoxy) is 1. The van der Waals surface area contributed by atoms with Crippen molar-refractivity contribution < 1.29 is 18.3 Å². The largest absolute Gasteiger partial charge is 0.376 e. The molecule has 1 aliphatic heterocycles. The summed E-state index contributed by atoms with van der Waals surface area (Å²) in [6.07, 6.45) is 2.71. The molecule has 8 nitrogen and oxygen atoms in total. The predicted octanol–water partition coefficient (Wildman–Crippen LogP) is 2.32. The number of benzene rings is 1. The number of fused-ring (bicyclic) bond motifs is 1. The zero-order valence-electron chi connectivity index (χ0n) is 16.3. The number of amides is 1. The zero-order valence-corrected chi connectivity index (χ0v) is 16.3. The highest BCUT2D eigenvalue weighted by Crippen LogP contribution is 2.34. The highest BCUT2D eigenvalue weighted by atomic mass is 19.3. The molecule has 2 aromatic rings. The lowest BCUT2D eigenvalue weighted by atomic mass is 9.87. The summed E-state index contributed by atoms with van der Waals surface area (Å²) in [6.45, 7) is 1.21. The first kappa shape index (κ1) is 20.4. The molecular formula is C20H24F2N6O2. The van der Waals surface area contributed by atoms with Crippen molar-refractivity contribution in [3.8, 4) is 0 Å². The maximum atomic E-state index is 13.9. The number of alkyl halides is 2. The quantitative estimate of drug-likeness (QED) is 0.587. The summed E-state index contributed by atoms with van der Waals surface area (Å²) in [5.41, 5.74) is 14.1. The lowest BCUT2D eigenvalue weighted by Gasteiger charge is -2.36. The summed E-state index contributed by atoms with van der Waals surface area (Å²) >= 11 is 0. The third-order valence-electron chi connectivity index (χ3n) is 5.53. The first-order chi connectivity index (χ1) is 14.3. The molecule has 0 spiro atoms. The van der Waals surface area contributed by atoms with Gasteiger partial charge in [-0.3, -0.25) is 4.79 Å². The van der Waals surface area contributed by atoms with Gasteiger partial charge in [-0.2, -0.15) is 0 Å². The summed E-state index contributed by atoms with van der Waals surface area (Å²) in [6, 6.07) is 3.77. The summed E-state index contributed by atoms with van der Waals surface area (Å²) in [5, 5.41) is 6.02. The van der Waals surface area contributed by atoms with E-state index in [4.69, 9.17) is 16.2 Å². The minimum atomic E-state index is -2.94. The second-order valence-corrected chi connectivity index (χ2v) is 7.66. The first-order valence-electron chi connectivity index (χ1n) is 9.87. The van der Waals surface area contributed by atoms with Crippen molar-refractivity contribution in [1.82, 2.24) is 9.97 Å². The summed E-state index contributed by atoms with van der Waals surface area (Å²) in [7, 11) is 0. The van der Waals surface area contributed by atoms with Crippen molar-refractivity contribution in [1.29, 1.82) is 0 Å². The van der Waals surface area contributed by atoms with E-state index in [-0.39, 0.29) is 23.8 Å². The molecule has 2 aliphatic rings. The van der Waals surface area contributed by atoms with Gasteiger partial charge in [-0.25, -0.2) is 18.7 Å². The van der Waals surface area contributed by atoms with Crippen molar-refractivity contribution in [3.63, 3.8) is 0 Å². The van der Waals surface area contributed by atoms with Gasteiger partial charge in [0.25, 0.3) is 11.8 Å². The van der Waals surface area contributed by atoms with Gasteiger partial charge in [0.2, 0.25) is 0 Å². The van der Waals surface area contributed by atoms with Gasteiger partial charge in [-0.05, 0) is 42.5 Å². The number of primary amides is 1. The number of anilines is 3. The van der Waals surface area contributed by atoms with Crippen LogP contribution in [-0.2, 0) is 17.8 Å². The maximum Gasteiger partial charge on any atom is 0.271 e. The Kier molecular flexibility index (Phi) is 5.52. The average molecular weight is 418 g/mol. The SMILES string of the molecule is NC(=O)c1ncc(N[C@@H]2CCCC(F)(F)[C@@H]2N)nc1Nc1ccc2c(c1)CCOC2. The van der Waals surface area contributed by atoms with Crippen LogP contribution < -0.4 is 22.1 Å². The number of hydrogen-bond acceptors (Lipinski definition) is 7. The molecule has 10 heteroatoms. The second kappa shape index (κ2) is 8.11. The molecule has 0 unspecified atom stereocenters. The molecule has 1 aliphatic carbocycles. The monoisotopic (exact) mass is 418 g/mol. The normalized spacial score (nSPS) is 22.8. The number of aromatic nitrogens is 2. The Morgan fingerprint density at radius 1 is 1.30 bits per heavy atom. The molecule has 6 N–H and O–H groups in total. The van der Waals surface area contributed by atoms with E-state index in [1.807, 2.05) is 18.2 Å². The van der Waals surface area contributed by atoms with Crippen LogP contribution in [0.3, 0.4) is 0 Å². The number of carbonyl (C=O) groups excluding carboxylic acids is 1. The topological polar surface area (TPSA) is 128 Å². The molecule has 0 saturated heterocycles. The van der Waals surface area contributed by atoms with Gasteiger partial charge >= 0.3 is 0 Å². The van der Waals surface area contributed by atoms with Crippen LogP contribution in [0.1, 0.15) is 40.9 Å². The summed E-state index contributed by atoms with van der Waals surface area (Å²) in [4.78, 5) is 20.3. The van der Waals surface area contributed by atoms with E-state index in [0.717, 1.165) is 17.5 Å². The lowest BCUT2D eigenvalue weighted by molar-refractivity contribution is -0.0554. The number of hydrogen-bond donors (Lipinski definition) is 4. The van der Waals surface area contributed by atoms with Gasteiger partial charge in [0, 0.05) is 18.2 Å². The minimum absolute atomic E-state index is 0.0418. The first-order valence-corrected chi connectivity index (χ1v) is 9.87. The van der Waals surface area contributed by atoms with Gasteiger partial charge < -0.3 is 26.8 Å². The fourth-order valence-electron chi connectivity index (χ4n) is 3.85. The van der Waals surface area contributed by atoms with Crippen LogP contribution in [0, 0.1) is 0 Å². The molecule has 4 rings (SSSR count). The van der Waals surface area contributed by atoms with E-state index in [2.05, 4.69) is 20.6 Å². The van der Waals surface area contributed by atoms with Crippen LogP contribution in [0.5, 0.6) is 0 Å². The molecule has 160 valence electrons. The van der Waals surface area contributed by atoms with E-state index in [1.165, 1.54) is 6.20 Å². The number of nitrogens with one attached hydrogen (secondary N) is 2. The molecule has 1 aromatic carbocycles. The Hall–Kier alpha value is -2.85. The molecular weight excluding hydrogens is 394 g/mol. The maximum absolute atomic E-state index is 13.9. The number of carbonyl (C=O) groups is 1. The number of rotatable bonds is 5. The number of nitrogens with zero attached hydrogens (tertiary/aromatic N) is 2. The van der Waals surface area contributed by atoms with E-state index in [9.17, 15) is 13.6 Å². The summed E-state index contributed by atoms with van der Waals surface area (Å²) < 4.78 is 33.3. The fourth-order valence-corrected chi connectivity index (χ4v) is 3.85. The third-order valence-corrected chi connectivity index (χ3v) is 5.53. The van der Waals surface area contributed by atoms with Crippen molar-refractivity contribution in [2.45, 2.75) is 50.3 Å². The van der Waals surface area contributed by atoms with Crippen molar-refractivity contribution >= 4 is 23.2 Å². The van der Waals surface area contributed by atoms with Crippen molar-refractivity contribution in [2.24, 2.45) is 11.5 Å². The van der Waals surface area contributed by atoms with Gasteiger partial charge in [-0.15, -0.1) is 0 Å². The van der Waals surface area contributed by atoms with Crippen LogP contribution in [0.4, 0.5) is 26.1 Å². The molecule has 1 fully saturated rings. The van der Waals surface area contributed by atoms with Gasteiger partial charge in [0.05, 0.1) is 25.5 Å². The Balaban J connectivity index is 1.58. The van der Waals surface area contributed by atoms with E-state index in [0.29, 0.717) is 31.7 Å². The van der Waals surface area contributed by atoms with Crippen LogP contribution in [-0.4, -0.2) is 40.5 Å². The van der Waals surface area contributed by atoms with Gasteiger partial charge in [-0.1, -0.05) is 6.07 Å². The van der Waals surface area contributed by atoms with Gasteiger partial charge in [0.1, 0.15) is 5.82 Å². The van der Waals surface area contributed by atoms with Crippen LogP contribution in [0.15, 0.2) is 24.4 Å². The lowest BCUT2D eigenvalue weighted by Crippen LogP contribution is -2.55. The highest BCUT2D eigenvalue weighted by Gasteiger charge is 2.44. The smallest absolute Gasteiger partial charge is 0.271 e. The van der Waals surface area contributed by atoms with Crippen LogP contribution in [0.25, 0.3) is 0 Å². The second-order valence-electron chi connectivity index (χ2n) is 7.66. The molecule has 2 atom stereocenters. The Morgan fingerprint density at radius 3 is 2.93 bits per heavy atom. The van der Waals surface area contributed by atoms with Crippen LogP contribution in [0.2, 0.25) is 0 Å². The Bertz CT molecular complexity index is 955. The van der Waals surface area contributed by atoms with Crippen LogP contribution >= 0.6 is 0 Å². The molecule has 0 bridgehead atoms. The highest BCUT2D eigenvalue weighted by molar-refractivity contribution is 5.96. The Labute approximate surface area is 172 Å². The van der Waals surface area contributed by atoms with E-state index >= 15 is 0 Å². The molecule has 0 radical (unpaired) electrons. The van der Waals surface area contributed by atoms with Gasteiger partial charge in [0.15, 0.2) is 11.5 Å². The molecule has 30 heavy (non-hydrogen) atoms. The minimum Gasteiger partial charge on any atom is -0.376 e. The van der Waals surface area contributed by atoms with E-state index < -0.39 is 23.9 Å². The summed E-state index contributed by atoms with van der Waals surface area (Å²) in [5.74, 6) is -3.30. The number of halogens is 2. The molecule has 1 saturated carbocycles. The van der Waals surface area contributed by atoms with Crippen molar-refractivity contribution in [3.05, 3.63) is 41.2 Å². The standard InChI is InChI=1S/C20H24F2N6O2/c21-20(22)6-1-2-14(17(20)23)27-15-9-25-16(18(24)29)19(28-15)26-13-4-3-12-10-30-7-5-11(12)8-13/h3-4,8-9,14,17H,1-2,5-7,10,23H2,(H2,24,29)(H2,26,27,28)/t14-,17-/m1/s1. The fraction of sp³-hybridized carbons (Fsp3) is 0.450. The average Bonchev–Trinajstić information content (AvgIpc) is 2.71. The molecule has 1 aromatic heterocycles. The van der Waals surface area contributed by atoms with E-state index in [1.54, 1.807) is 0 Å². The molecule has 1 amide bonds. The predicted molar refractivity (Wildman–Crippen MR) is 108 cm³/mol. The van der Waals surface area contributed by atoms with Crippen molar-refractivity contribution in [2.75, 3.05) is 17.2 Å². The Morgan fingerprint density at radius 2 is 2.13 bits per heavy atom.